The van der Waals surface area contributed by atoms with Crippen molar-refractivity contribution >= 4 is 28.5 Å². The van der Waals surface area contributed by atoms with Gasteiger partial charge in [-0.05, 0) is 81.3 Å². The van der Waals surface area contributed by atoms with Crippen molar-refractivity contribution in [1.82, 2.24) is 14.9 Å². The third-order valence-electron chi connectivity index (χ3n) is 7.04. The topological polar surface area (TPSA) is 56.1 Å². The number of imidazole rings is 1. The number of fused-ring (bicyclic) bond motifs is 1. The summed E-state index contributed by atoms with van der Waals surface area (Å²) in [5.41, 5.74) is 4.31. The van der Waals surface area contributed by atoms with Crippen LogP contribution in [0.5, 0.6) is 5.75 Å². The Bertz CT molecular complexity index is 1110. The summed E-state index contributed by atoms with van der Waals surface area (Å²) in [5, 5.41) is 3.97. The molecule has 1 saturated carbocycles. The number of halogens is 1. The molecule has 0 saturated heterocycles. The zero-order chi connectivity index (χ0) is 24.6. The van der Waals surface area contributed by atoms with Crippen molar-refractivity contribution in [3.63, 3.8) is 0 Å². The van der Waals surface area contributed by atoms with Crippen molar-refractivity contribution in [3.8, 4) is 5.75 Å². The van der Waals surface area contributed by atoms with Gasteiger partial charge in [0.25, 0.3) is 0 Å². The molecule has 1 fully saturated rings. The van der Waals surface area contributed by atoms with Gasteiger partial charge in [0.15, 0.2) is 0 Å². The van der Waals surface area contributed by atoms with Crippen molar-refractivity contribution in [1.29, 1.82) is 0 Å². The lowest BCUT2D eigenvalue weighted by Crippen LogP contribution is -2.32. The van der Waals surface area contributed by atoms with Gasteiger partial charge in [-0.25, -0.2) is 4.98 Å². The van der Waals surface area contributed by atoms with Crippen LogP contribution in [0.3, 0.4) is 0 Å². The minimum Gasteiger partial charge on any atom is -0.494 e. The number of carbonyl (C=O) groups excluding carboxylic acids is 1. The number of carbonyl (C=O) groups is 1. The van der Waals surface area contributed by atoms with E-state index in [1.165, 1.54) is 24.8 Å². The molecule has 1 heterocycles. The van der Waals surface area contributed by atoms with Crippen LogP contribution in [0.4, 0.5) is 0 Å². The first-order chi connectivity index (χ1) is 17.0. The Labute approximate surface area is 214 Å². The lowest BCUT2D eigenvalue weighted by molar-refractivity contribution is -0.125. The molecule has 5 nitrogen and oxygen atoms in total. The third-order valence-corrected chi connectivity index (χ3v) is 7.64. The van der Waals surface area contributed by atoms with Crippen molar-refractivity contribution in [2.45, 2.75) is 78.2 Å². The number of aryl methyl sites for hydroxylation is 4. The van der Waals surface area contributed by atoms with Gasteiger partial charge in [-0.15, -0.1) is 0 Å². The number of unbranched alkanes of at least 4 members (excludes halogenated alkanes) is 1. The maximum absolute atomic E-state index is 12.4. The quantitative estimate of drug-likeness (QED) is 0.298. The second kappa shape index (κ2) is 12.4. The summed E-state index contributed by atoms with van der Waals surface area (Å²) in [4.78, 5) is 17.3. The highest BCUT2D eigenvalue weighted by Crippen LogP contribution is 2.26. The molecule has 1 aliphatic carbocycles. The minimum absolute atomic E-state index is 0.219. The van der Waals surface area contributed by atoms with E-state index in [4.69, 9.17) is 21.3 Å². The molecule has 35 heavy (non-hydrogen) atoms. The summed E-state index contributed by atoms with van der Waals surface area (Å²) in [6.07, 6.45) is 9.47. The van der Waals surface area contributed by atoms with E-state index in [9.17, 15) is 4.79 Å². The van der Waals surface area contributed by atoms with E-state index < -0.39 is 0 Å². The highest BCUT2D eigenvalue weighted by atomic mass is 35.5. The van der Waals surface area contributed by atoms with Crippen molar-refractivity contribution in [2.24, 2.45) is 5.92 Å². The summed E-state index contributed by atoms with van der Waals surface area (Å²) >= 11 is 6.26. The molecule has 2 aromatic carbocycles. The van der Waals surface area contributed by atoms with Gasteiger partial charge in [0.1, 0.15) is 11.6 Å². The standard InChI is InChI=1S/C29H38ClN3O2/c1-21-19-24(20-22(2)28(21)30)35-18-9-8-17-33-26-14-7-6-13-25(26)32-27(33)15-10-16-31-29(34)23-11-4-3-5-12-23/h6-7,13-14,19-20,23H,3-5,8-12,15-18H2,1-2H3,(H,31,34). The fourth-order valence-corrected chi connectivity index (χ4v) is 5.19. The highest BCUT2D eigenvalue weighted by molar-refractivity contribution is 6.32. The predicted molar refractivity (Wildman–Crippen MR) is 143 cm³/mol. The van der Waals surface area contributed by atoms with Gasteiger partial charge in [-0.1, -0.05) is 43.0 Å². The lowest BCUT2D eigenvalue weighted by atomic mass is 9.89. The van der Waals surface area contributed by atoms with Gasteiger partial charge in [-0.2, -0.15) is 0 Å². The number of ether oxygens (including phenoxy) is 1. The fraction of sp³-hybridized carbons (Fsp3) is 0.517. The molecule has 4 rings (SSSR count). The smallest absolute Gasteiger partial charge is 0.223 e. The van der Waals surface area contributed by atoms with E-state index >= 15 is 0 Å². The van der Waals surface area contributed by atoms with Crippen molar-refractivity contribution < 1.29 is 9.53 Å². The second-order valence-corrected chi connectivity index (χ2v) is 10.2. The largest absolute Gasteiger partial charge is 0.494 e. The minimum atomic E-state index is 0.219. The molecule has 0 unspecified atom stereocenters. The number of amides is 1. The van der Waals surface area contributed by atoms with Crippen LogP contribution < -0.4 is 10.1 Å². The van der Waals surface area contributed by atoms with E-state index in [1.54, 1.807) is 0 Å². The number of para-hydroxylation sites is 2. The Morgan fingerprint density at radius 2 is 1.83 bits per heavy atom. The number of aromatic nitrogens is 2. The molecular weight excluding hydrogens is 458 g/mol. The SMILES string of the molecule is Cc1cc(OCCCCn2c(CCCNC(=O)C3CCCCC3)nc3ccccc32)cc(C)c1Cl. The molecule has 1 amide bonds. The van der Waals surface area contributed by atoms with E-state index in [2.05, 4.69) is 28.1 Å². The first kappa shape index (κ1) is 25.6. The summed E-state index contributed by atoms with van der Waals surface area (Å²) in [7, 11) is 0. The van der Waals surface area contributed by atoms with E-state index in [0.29, 0.717) is 13.2 Å². The van der Waals surface area contributed by atoms with Crippen LogP contribution in [-0.2, 0) is 17.8 Å². The van der Waals surface area contributed by atoms with E-state index in [-0.39, 0.29) is 11.8 Å². The van der Waals surface area contributed by atoms with Gasteiger partial charge >= 0.3 is 0 Å². The van der Waals surface area contributed by atoms with Crippen LogP contribution in [-0.4, -0.2) is 28.6 Å². The summed E-state index contributed by atoms with van der Waals surface area (Å²) in [6.45, 7) is 6.32. The molecule has 0 spiro atoms. The predicted octanol–water partition coefficient (Wildman–Crippen LogP) is 6.79. The second-order valence-electron chi connectivity index (χ2n) is 9.82. The molecule has 188 valence electrons. The molecular formula is C29H38ClN3O2. The van der Waals surface area contributed by atoms with Crippen molar-refractivity contribution in [2.75, 3.05) is 13.2 Å². The Hall–Kier alpha value is -2.53. The third kappa shape index (κ3) is 6.78. The average molecular weight is 496 g/mol. The van der Waals surface area contributed by atoms with Gasteiger partial charge in [0, 0.05) is 30.5 Å². The molecule has 6 heteroatoms. The Kier molecular flexibility index (Phi) is 9.08. The first-order valence-corrected chi connectivity index (χ1v) is 13.5. The molecule has 0 radical (unpaired) electrons. The Morgan fingerprint density at radius 3 is 2.60 bits per heavy atom. The lowest BCUT2D eigenvalue weighted by Gasteiger charge is -2.20. The number of nitrogens with one attached hydrogen (secondary N) is 1. The van der Waals surface area contributed by atoms with Crippen molar-refractivity contribution in [3.05, 3.63) is 58.4 Å². The van der Waals surface area contributed by atoms with E-state index in [1.807, 2.05) is 32.0 Å². The molecule has 1 N–H and O–H groups in total. The van der Waals surface area contributed by atoms with Crippen LogP contribution in [0.25, 0.3) is 11.0 Å². The van der Waals surface area contributed by atoms with Gasteiger partial charge in [-0.3, -0.25) is 4.79 Å². The van der Waals surface area contributed by atoms with Crippen LogP contribution in [0.15, 0.2) is 36.4 Å². The fourth-order valence-electron chi connectivity index (χ4n) is 5.08. The van der Waals surface area contributed by atoms with Crippen LogP contribution >= 0.6 is 11.6 Å². The zero-order valence-electron chi connectivity index (χ0n) is 21.1. The molecule has 1 aliphatic rings. The molecule has 3 aromatic rings. The number of hydrogen-bond acceptors (Lipinski definition) is 3. The zero-order valence-corrected chi connectivity index (χ0v) is 21.9. The normalized spacial score (nSPS) is 14.4. The summed E-state index contributed by atoms with van der Waals surface area (Å²) < 4.78 is 8.33. The monoisotopic (exact) mass is 495 g/mol. The molecule has 0 aliphatic heterocycles. The number of nitrogens with zero attached hydrogens (tertiary/aromatic N) is 2. The highest BCUT2D eigenvalue weighted by Gasteiger charge is 2.20. The number of benzene rings is 2. The van der Waals surface area contributed by atoms with Gasteiger partial charge < -0.3 is 14.6 Å². The number of rotatable bonds is 11. The van der Waals surface area contributed by atoms with Crippen LogP contribution in [0.1, 0.15) is 68.3 Å². The molecule has 1 aromatic heterocycles. The van der Waals surface area contributed by atoms with Gasteiger partial charge in [0.05, 0.1) is 17.6 Å². The maximum Gasteiger partial charge on any atom is 0.223 e. The van der Waals surface area contributed by atoms with Crippen LogP contribution in [0.2, 0.25) is 5.02 Å². The van der Waals surface area contributed by atoms with E-state index in [0.717, 1.165) is 78.3 Å². The first-order valence-electron chi connectivity index (χ1n) is 13.1. The molecule has 0 bridgehead atoms. The Balaban J connectivity index is 1.27. The summed E-state index contributed by atoms with van der Waals surface area (Å²) in [5.74, 6) is 2.44. The Morgan fingerprint density at radius 1 is 1.09 bits per heavy atom. The van der Waals surface area contributed by atoms with Gasteiger partial charge in [0.2, 0.25) is 5.91 Å². The average Bonchev–Trinajstić information content (AvgIpc) is 3.22. The molecule has 0 atom stereocenters. The number of hydrogen-bond donors (Lipinski definition) is 1. The summed E-state index contributed by atoms with van der Waals surface area (Å²) in [6, 6.07) is 12.3. The van der Waals surface area contributed by atoms with Crippen LogP contribution in [0, 0.1) is 19.8 Å². The maximum atomic E-state index is 12.4.